The lowest BCUT2D eigenvalue weighted by Crippen LogP contribution is -2.49. The summed E-state index contributed by atoms with van der Waals surface area (Å²) >= 11 is 0. The fraction of sp³-hybridized carbons (Fsp3) is 0.130. The van der Waals surface area contributed by atoms with Gasteiger partial charge in [-0.25, -0.2) is 0 Å². The van der Waals surface area contributed by atoms with Crippen LogP contribution >= 0.6 is 0 Å². The van der Waals surface area contributed by atoms with E-state index in [1.54, 1.807) is 6.07 Å². The molecule has 0 fully saturated rings. The standard InChI is InChI=1S/C23H18N2O3/c1-24-20-10-6-5-9-18(20)15-23(24)12-11-17-13-19(16-7-3-2-4-8-16)14-21(25(26)27)22(17)28-23/h2-14H,15H2,1H3. The molecule has 3 aromatic carbocycles. The van der Waals surface area contributed by atoms with Gasteiger partial charge in [-0.3, -0.25) is 10.1 Å². The molecule has 1 unspecified atom stereocenters. The van der Waals surface area contributed by atoms with Crippen LogP contribution in [0, 0.1) is 10.1 Å². The quantitative estimate of drug-likeness (QED) is 0.468. The van der Waals surface area contributed by atoms with Gasteiger partial charge in [0, 0.05) is 30.8 Å². The maximum absolute atomic E-state index is 11.8. The molecule has 1 spiro atoms. The van der Waals surface area contributed by atoms with E-state index in [0.717, 1.165) is 22.4 Å². The van der Waals surface area contributed by atoms with Crippen molar-refractivity contribution in [3.8, 4) is 16.9 Å². The number of nitro benzene ring substituents is 1. The summed E-state index contributed by atoms with van der Waals surface area (Å²) in [4.78, 5) is 13.5. The molecule has 0 bridgehead atoms. The van der Waals surface area contributed by atoms with Gasteiger partial charge in [0.2, 0.25) is 11.5 Å². The van der Waals surface area contributed by atoms with Crippen LogP contribution in [0.25, 0.3) is 17.2 Å². The first kappa shape index (κ1) is 16.6. The summed E-state index contributed by atoms with van der Waals surface area (Å²) in [6, 6.07) is 21.3. The van der Waals surface area contributed by atoms with E-state index in [4.69, 9.17) is 4.74 Å². The van der Waals surface area contributed by atoms with Crippen LogP contribution in [0.1, 0.15) is 11.1 Å². The van der Waals surface area contributed by atoms with E-state index >= 15 is 0 Å². The Labute approximate surface area is 162 Å². The summed E-state index contributed by atoms with van der Waals surface area (Å²) in [5.74, 6) is 0.326. The van der Waals surface area contributed by atoms with Gasteiger partial charge in [0.05, 0.1) is 4.92 Å². The summed E-state index contributed by atoms with van der Waals surface area (Å²) in [5, 5.41) is 11.8. The SMILES string of the molecule is CN1c2ccccc2CC12C=Cc1cc(-c3ccccc3)cc([N+](=O)[O-])c1O2. The zero-order chi connectivity index (χ0) is 19.3. The van der Waals surface area contributed by atoms with E-state index in [0.29, 0.717) is 12.2 Å². The Balaban J connectivity index is 1.62. The number of para-hydroxylation sites is 1. The van der Waals surface area contributed by atoms with E-state index in [1.807, 2.05) is 73.8 Å². The second-order valence-electron chi connectivity index (χ2n) is 7.18. The Bertz CT molecular complexity index is 1120. The van der Waals surface area contributed by atoms with E-state index in [-0.39, 0.29) is 10.6 Å². The number of anilines is 1. The topological polar surface area (TPSA) is 55.6 Å². The Hall–Kier alpha value is -3.60. The number of rotatable bonds is 2. The molecule has 0 saturated heterocycles. The minimum Gasteiger partial charge on any atom is -0.456 e. The van der Waals surface area contributed by atoms with Gasteiger partial charge < -0.3 is 9.64 Å². The molecule has 0 radical (unpaired) electrons. The van der Waals surface area contributed by atoms with Gasteiger partial charge in [-0.05, 0) is 41.0 Å². The highest BCUT2D eigenvalue weighted by Crippen LogP contribution is 2.47. The minimum absolute atomic E-state index is 0.00978. The van der Waals surface area contributed by atoms with Crippen LogP contribution in [-0.2, 0) is 6.42 Å². The highest BCUT2D eigenvalue weighted by Gasteiger charge is 2.45. The van der Waals surface area contributed by atoms with Gasteiger partial charge in [-0.15, -0.1) is 0 Å². The van der Waals surface area contributed by atoms with E-state index < -0.39 is 5.72 Å². The molecule has 3 aromatic rings. The lowest BCUT2D eigenvalue weighted by atomic mass is 9.97. The van der Waals surface area contributed by atoms with Crippen molar-refractivity contribution in [1.29, 1.82) is 0 Å². The van der Waals surface area contributed by atoms with E-state index in [2.05, 4.69) is 11.0 Å². The summed E-state index contributed by atoms with van der Waals surface area (Å²) in [6.45, 7) is 0. The predicted octanol–water partition coefficient (Wildman–Crippen LogP) is 5.06. The van der Waals surface area contributed by atoms with Crippen molar-refractivity contribution in [1.82, 2.24) is 0 Å². The number of benzene rings is 3. The summed E-state index contributed by atoms with van der Waals surface area (Å²) < 4.78 is 6.36. The van der Waals surface area contributed by atoms with Gasteiger partial charge in [-0.1, -0.05) is 48.5 Å². The van der Waals surface area contributed by atoms with Crippen LogP contribution in [0.4, 0.5) is 11.4 Å². The third-order valence-electron chi connectivity index (χ3n) is 5.57. The fourth-order valence-corrected chi connectivity index (χ4v) is 4.09. The first-order valence-corrected chi connectivity index (χ1v) is 9.15. The van der Waals surface area contributed by atoms with Crippen molar-refractivity contribution >= 4 is 17.5 Å². The Kier molecular flexibility index (Phi) is 3.52. The normalized spacial score (nSPS) is 19.2. The fourth-order valence-electron chi connectivity index (χ4n) is 4.09. The van der Waals surface area contributed by atoms with Crippen molar-refractivity contribution in [3.63, 3.8) is 0 Å². The average Bonchev–Trinajstić information content (AvgIpc) is 2.99. The Morgan fingerprint density at radius 1 is 1.04 bits per heavy atom. The lowest BCUT2D eigenvalue weighted by Gasteiger charge is -2.37. The number of nitrogens with zero attached hydrogens (tertiary/aromatic N) is 2. The predicted molar refractivity (Wildman–Crippen MR) is 109 cm³/mol. The molecular formula is C23H18N2O3. The third-order valence-corrected chi connectivity index (χ3v) is 5.57. The number of hydrogen-bond donors (Lipinski definition) is 0. The van der Waals surface area contributed by atoms with Crippen LogP contribution in [0.3, 0.4) is 0 Å². The highest BCUT2D eigenvalue weighted by molar-refractivity contribution is 5.78. The maximum atomic E-state index is 11.8. The second-order valence-corrected chi connectivity index (χ2v) is 7.18. The minimum atomic E-state index is -0.740. The van der Waals surface area contributed by atoms with Crippen molar-refractivity contribution in [2.24, 2.45) is 0 Å². The first-order valence-electron chi connectivity index (χ1n) is 9.15. The van der Waals surface area contributed by atoms with Gasteiger partial charge in [-0.2, -0.15) is 0 Å². The molecule has 1 atom stereocenters. The van der Waals surface area contributed by atoms with E-state index in [1.165, 1.54) is 5.56 Å². The van der Waals surface area contributed by atoms with Crippen LogP contribution in [-0.4, -0.2) is 17.7 Å². The molecule has 2 heterocycles. The number of fused-ring (bicyclic) bond motifs is 2. The zero-order valence-electron chi connectivity index (χ0n) is 15.3. The van der Waals surface area contributed by atoms with Gasteiger partial charge in [0.15, 0.2) is 0 Å². The summed E-state index contributed by atoms with van der Waals surface area (Å²) in [7, 11) is 1.96. The van der Waals surface area contributed by atoms with Gasteiger partial charge >= 0.3 is 5.69 Å². The molecule has 138 valence electrons. The number of ether oxygens (including phenoxy) is 1. The number of hydrogen-bond acceptors (Lipinski definition) is 4. The number of nitro groups is 1. The molecule has 2 aliphatic heterocycles. The Morgan fingerprint density at radius 3 is 2.54 bits per heavy atom. The van der Waals surface area contributed by atoms with Gasteiger partial charge in [0.1, 0.15) is 0 Å². The van der Waals surface area contributed by atoms with Crippen molar-refractivity contribution < 1.29 is 9.66 Å². The molecule has 0 N–H and O–H groups in total. The Morgan fingerprint density at radius 2 is 1.79 bits per heavy atom. The molecule has 5 heteroatoms. The second kappa shape index (κ2) is 5.96. The lowest BCUT2D eigenvalue weighted by molar-refractivity contribution is -0.386. The van der Waals surface area contributed by atoms with Crippen LogP contribution in [0.5, 0.6) is 5.75 Å². The monoisotopic (exact) mass is 370 g/mol. The zero-order valence-corrected chi connectivity index (χ0v) is 15.3. The molecule has 0 saturated carbocycles. The molecular weight excluding hydrogens is 352 g/mol. The van der Waals surface area contributed by atoms with Crippen LogP contribution < -0.4 is 9.64 Å². The molecule has 0 aromatic heterocycles. The smallest absolute Gasteiger partial charge is 0.312 e. The van der Waals surface area contributed by atoms with Crippen LogP contribution in [0.15, 0.2) is 72.8 Å². The largest absolute Gasteiger partial charge is 0.456 e. The molecule has 0 amide bonds. The first-order chi connectivity index (χ1) is 13.6. The summed E-state index contributed by atoms with van der Waals surface area (Å²) in [6.07, 6.45) is 4.60. The summed E-state index contributed by atoms with van der Waals surface area (Å²) in [5.41, 5.74) is 3.97. The van der Waals surface area contributed by atoms with Crippen LogP contribution in [0.2, 0.25) is 0 Å². The van der Waals surface area contributed by atoms with Crippen molar-refractivity contribution in [2.45, 2.75) is 12.1 Å². The van der Waals surface area contributed by atoms with Gasteiger partial charge in [0.25, 0.3) is 0 Å². The van der Waals surface area contributed by atoms with E-state index in [9.17, 15) is 10.1 Å². The third kappa shape index (κ3) is 2.40. The van der Waals surface area contributed by atoms with Crippen molar-refractivity contribution in [3.05, 3.63) is 94.0 Å². The maximum Gasteiger partial charge on any atom is 0.312 e. The molecule has 2 aliphatic rings. The number of likely N-dealkylation sites (N-methyl/N-ethyl adjacent to an activating group) is 1. The van der Waals surface area contributed by atoms with Crippen molar-refractivity contribution in [2.75, 3.05) is 11.9 Å². The average molecular weight is 370 g/mol. The molecule has 28 heavy (non-hydrogen) atoms. The molecule has 5 nitrogen and oxygen atoms in total. The molecule has 0 aliphatic carbocycles. The molecule has 5 rings (SSSR count). The highest BCUT2D eigenvalue weighted by atomic mass is 16.6.